The van der Waals surface area contributed by atoms with Crippen molar-refractivity contribution in [2.24, 2.45) is 7.05 Å². The predicted octanol–water partition coefficient (Wildman–Crippen LogP) is 2.00. The number of nitrogens with one attached hydrogen (secondary N) is 1. The van der Waals surface area contributed by atoms with Crippen LogP contribution in [0.5, 0.6) is 0 Å². The lowest BCUT2D eigenvalue weighted by atomic mass is 9.96. The van der Waals surface area contributed by atoms with Crippen LogP contribution >= 0.6 is 0 Å². The number of piperazine rings is 1. The minimum Gasteiger partial charge on any atom is -0.338 e. The van der Waals surface area contributed by atoms with Crippen molar-refractivity contribution >= 4 is 5.95 Å². The summed E-state index contributed by atoms with van der Waals surface area (Å²) < 4.78 is 2.12. The molecule has 136 valence electrons. The number of aromatic nitrogens is 5. The lowest BCUT2D eigenvalue weighted by molar-refractivity contribution is 0.192. The van der Waals surface area contributed by atoms with Crippen LogP contribution in [0.2, 0.25) is 0 Å². The first kappa shape index (κ1) is 16.6. The number of hydrogen-bond donors (Lipinski definition) is 1. The summed E-state index contributed by atoms with van der Waals surface area (Å²) >= 11 is 0. The third-order valence-electron chi connectivity index (χ3n) is 5.93. The smallest absolute Gasteiger partial charge is 0.227 e. The number of aromatic amines is 1. The molecule has 2 aliphatic rings. The third kappa shape index (κ3) is 2.94. The molecule has 1 atom stereocenters. The molecule has 2 aromatic rings. The van der Waals surface area contributed by atoms with Gasteiger partial charge in [-0.1, -0.05) is 6.92 Å². The van der Waals surface area contributed by atoms with E-state index in [9.17, 15) is 0 Å². The molecule has 1 fully saturated rings. The van der Waals surface area contributed by atoms with Crippen LogP contribution in [0.4, 0.5) is 5.95 Å². The van der Waals surface area contributed by atoms with Crippen molar-refractivity contribution in [1.82, 2.24) is 29.9 Å². The van der Waals surface area contributed by atoms with Gasteiger partial charge in [-0.2, -0.15) is 5.10 Å². The van der Waals surface area contributed by atoms with E-state index < -0.39 is 0 Å². The second-order valence-corrected chi connectivity index (χ2v) is 7.40. The first-order chi connectivity index (χ1) is 12.2. The van der Waals surface area contributed by atoms with Crippen molar-refractivity contribution in [2.75, 3.05) is 31.1 Å². The van der Waals surface area contributed by atoms with Crippen molar-refractivity contribution in [1.29, 1.82) is 0 Å². The molecule has 4 rings (SSSR count). The Hall–Kier alpha value is -1.89. The number of nitrogens with zero attached hydrogens (tertiary/aromatic N) is 6. The number of aryl methyl sites for hydroxylation is 1. The Morgan fingerprint density at radius 2 is 1.84 bits per heavy atom. The largest absolute Gasteiger partial charge is 0.338 e. The molecule has 1 aliphatic heterocycles. The Morgan fingerprint density at radius 1 is 1.08 bits per heavy atom. The van der Waals surface area contributed by atoms with Crippen LogP contribution in [-0.2, 0) is 19.9 Å². The molecule has 1 N–H and O–H groups in total. The molecule has 7 nitrogen and oxygen atoms in total. The zero-order valence-electron chi connectivity index (χ0n) is 15.6. The summed E-state index contributed by atoms with van der Waals surface area (Å²) in [6, 6.07) is 0.660. The van der Waals surface area contributed by atoms with Gasteiger partial charge in [0, 0.05) is 50.5 Å². The molecule has 0 bridgehead atoms. The van der Waals surface area contributed by atoms with Gasteiger partial charge in [0.1, 0.15) is 5.69 Å². The van der Waals surface area contributed by atoms with Crippen LogP contribution in [0.1, 0.15) is 44.4 Å². The lowest BCUT2D eigenvalue weighted by Crippen LogP contribution is -2.50. The maximum absolute atomic E-state index is 4.56. The Labute approximate surface area is 149 Å². The van der Waals surface area contributed by atoms with Gasteiger partial charge in [-0.05, 0) is 39.0 Å². The summed E-state index contributed by atoms with van der Waals surface area (Å²) in [7, 11) is 2.07. The summed E-state index contributed by atoms with van der Waals surface area (Å²) in [6.07, 6.45) is 5.89. The molecule has 0 amide bonds. The topological polar surface area (TPSA) is 65.9 Å². The molecule has 2 aromatic heterocycles. The molecule has 3 heterocycles. The number of anilines is 1. The Morgan fingerprint density at radius 3 is 2.60 bits per heavy atom. The SMILES string of the molecule is CCC(C)N1CCN(c2nnc(-c3n[nH]c4c3CCCC4)n2C)CC1. The highest BCUT2D eigenvalue weighted by Gasteiger charge is 2.26. The maximum atomic E-state index is 4.56. The summed E-state index contributed by atoms with van der Waals surface area (Å²) in [4.78, 5) is 4.92. The van der Waals surface area contributed by atoms with Crippen molar-refractivity contribution < 1.29 is 0 Å². The molecule has 1 aliphatic carbocycles. The van der Waals surface area contributed by atoms with E-state index in [0.717, 1.165) is 56.5 Å². The van der Waals surface area contributed by atoms with Gasteiger partial charge in [-0.15, -0.1) is 10.2 Å². The van der Waals surface area contributed by atoms with Gasteiger partial charge in [0.25, 0.3) is 0 Å². The lowest BCUT2D eigenvalue weighted by Gasteiger charge is -2.38. The molecule has 25 heavy (non-hydrogen) atoms. The van der Waals surface area contributed by atoms with E-state index in [1.807, 2.05) is 0 Å². The highest BCUT2D eigenvalue weighted by atomic mass is 15.4. The third-order valence-corrected chi connectivity index (χ3v) is 5.93. The first-order valence-corrected chi connectivity index (χ1v) is 9.64. The average Bonchev–Trinajstić information content (AvgIpc) is 3.24. The van der Waals surface area contributed by atoms with E-state index in [4.69, 9.17) is 0 Å². The van der Waals surface area contributed by atoms with E-state index >= 15 is 0 Å². The minimum atomic E-state index is 0.660. The molecule has 1 unspecified atom stereocenters. The molecular formula is C18H29N7. The predicted molar refractivity (Wildman–Crippen MR) is 98.8 cm³/mol. The average molecular weight is 343 g/mol. The van der Waals surface area contributed by atoms with Crippen LogP contribution in [0.25, 0.3) is 11.5 Å². The Balaban J connectivity index is 1.53. The van der Waals surface area contributed by atoms with E-state index in [1.54, 1.807) is 0 Å². The molecule has 7 heteroatoms. The van der Waals surface area contributed by atoms with E-state index in [1.165, 1.54) is 30.5 Å². The van der Waals surface area contributed by atoms with Gasteiger partial charge in [-0.25, -0.2) is 0 Å². The fraction of sp³-hybridized carbons (Fsp3) is 0.722. The van der Waals surface area contributed by atoms with Crippen molar-refractivity contribution in [2.45, 2.75) is 52.0 Å². The second kappa shape index (κ2) is 6.78. The van der Waals surface area contributed by atoms with Gasteiger partial charge in [0.15, 0.2) is 5.82 Å². The number of rotatable bonds is 4. The molecule has 0 spiro atoms. The van der Waals surface area contributed by atoms with Crippen molar-refractivity contribution in [3.05, 3.63) is 11.3 Å². The standard InChI is InChI=1S/C18H29N7/c1-4-13(2)24-9-11-25(12-10-24)18-22-21-17(23(18)3)16-14-7-5-6-8-15(14)19-20-16/h13H,4-12H2,1-3H3,(H,19,20). The van der Waals surface area contributed by atoms with Gasteiger partial charge >= 0.3 is 0 Å². The van der Waals surface area contributed by atoms with E-state index in [-0.39, 0.29) is 0 Å². The first-order valence-electron chi connectivity index (χ1n) is 9.64. The van der Waals surface area contributed by atoms with Gasteiger partial charge in [0.05, 0.1) is 0 Å². The molecule has 0 aromatic carbocycles. The maximum Gasteiger partial charge on any atom is 0.227 e. The van der Waals surface area contributed by atoms with E-state index in [0.29, 0.717) is 6.04 Å². The van der Waals surface area contributed by atoms with Crippen LogP contribution in [0.3, 0.4) is 0 Å². The van der Waals surface area contributed by atoms with Gasteiger partial charge in [-0.3, -0.25) is 14.6 Å². The normalized spacial score (nSPS) is 19.9. The molecule has 0 radical (unpaired) electrons. The summed E-state index contributed by atoms with van der Waals surface area (Å²) in [6.45, 7) is 8.78. The molecule has 1 saturated heterocycles. The highest BCUT2D eigenvalue weighted by molar-refractivity contribution is 5.59. The Bertz CT molecular complexity index is 724. The van der Waals surface area contributed by atoms with Crippen LogP contribution in [0, 0.1) is 0 Å². The number of hydrogen-bond acceptors (Lipinski definition) is 5. The Kier molecular flexibility index (Phi) is 4.50. The minimum absolute atomic E-state index is 0.660. The van der Waals surface area contributed by atoms with Crippen LogP contribution in [-0.4, -0.2) is 62.1 Å². The van der Waals surface area contributed by atoms with Crippen LogP contribution in [0.15, 0.2) is 0 Å². The van der Waals surface area contributed by atoms with Crippen molar-refractivity contribution in [3.8, 4) is 11.5 Å². The molecule has 0 saturated carbocycles. The number of fused-ring (bicyclic) bond motifs is 1. The fourth-order valence-corrected chi connectivity index (χ4v) is 4.09. The van der Waals surface area contributed by atoms with Crippen LogP contribution < -0.4 is 4.90 Å². The summed E-state index contributed by atoms with van der Waals surface area (Å²) in [5.41, 5.74) is 3.62. The van der Waals surface area contributed by atoms with Gasteiger partial charge < -0.3 is 4.90 Å². The fourth-order valence-electron chi connectivity index (χ4n) is 4.09. The molecular weight excluding hydrogens is 314 g/mol. The quantitative estimate of drug-likeness (QED) is 0.920. The second-order valence-electron chi connectivity index (χ2n) is 7.40. The zero-order chi connectivity index (χ0) is 17.4. The zero-order valence-corrected chi connectivity index (χ0v) is 15.6. The monoisotopic (exact) mass is 343 g/mol. The summed E-state index contributed by atoms with van der Waals surface area (Å²) in [5, 5.41) is 16.8. The highest BCUT2D eigenvalue weighted by Crippen LogP contribution is 2.29. The van der Waals surface area contributed by atoms with Gasteiger partial charge in [0.2, 0.25) is 5.95 Å². The van der Waals surface area contributed by atoms with Crippen molar-refractivity contribution in [3.63, 3.8) is 0 Å². The van der Waals surface area contributed by atoms with E-state index in [2.05, 4.69) is 55.7 Å². The summed E-state index contributed by atoms with van der Waals surface area (Å²) in [5.74, 6) is 1.85. The number of H-pyrrole nitrogens is 1.